The van der Waals surface area contributed by atoms with Crippen molar-refractivity contribution >= 4 is 29.2 Å². The van der Waals surface area contributed by atoms with Crippen LogP contribution < -0.4 is 25.7 Å². The summed E-state index contributed by atoms with van der Waals surface area (Å²) in [5.74, 6) is 0.960. The lowest BCUT2D eigenvalue weighted by Crippen LogP contribution is -2.11. The van der Waals surface area contributed by atoms with E-state index in [-0.39, 0.29) is 5.78 Å². The van der Waals surface area contributed by atoms with E-state index in [1.165, 1.54) is 6.08 Å². The first-order chi connectivity index (χ1) is 18.0. The van der Waals surface area contributed by atoms with Crippen LogP contribution in [0.4, 0.5) is 11.4 Å². The van der Waals surface area contributed by atoms with Crippen molar-refractivity contribution in [3.05, 3.63) is 120 Å². The molecule has 186 valence electrons. The van der Waals surface area contributed by atoms with Crippen LogP contribution in [0.1, 0.15) is 26.3 Å². The molecule has 4 aromatic carbocycles. The molecule has 0 aliphatic carbocycles. The van der Waals surface area contributed by atoms with Crippen LogP contribution in [0.25, 0.3) is 6.08 Å². The van der Waals surface area contributed by atoms with E-state index in [2.05, 4.69) is 0 Å². The second-order valence-electron chi connectivity index (χ2n) is 8.04. The van der Waals surface area contributed by atoms with E-state index in [1.807, 2.05) is 18.2 Å². The summed E-state index contributed by atoms with van der Waals surface area (Å²) < 4.78 is 16.7. The molecule has 0 unspecified atom stereocenters. The molecule has 0 aliphatic rings. The normalized spacial score (nSPS) is 10.7. The van der Waals surface area contributed by atoms with Gasteiger partial charge >= 0.3 is 5.97 Å². The summed E-state index contributed by atoms with van der Waals surface area (Å²) in [5, 5.41) is 0. The summed E-state index contributed by atoms with van der Waals surface area (Å²) in [4.78, 5) is 24.7. The molecule has 0 spiro atoms. The molecule has 4 N–H and O–H groups in total. The summed E-state index contributed by atoms with van der Waals surface area (Å²) in [6.07, 6.45) is 3.23. The van der Waals surface area contributed by atoms with Crippen molar-refractivity contribution in [2.24, 2.45) is 0 Å². The first-order valence-electron chi connectivity index (χ1n) is 11.6. The quantitative estimate of drug-likeness (QED) is 0.0755. The van der Waals surface area contributed by atoms with E-state index in [9.17, 15) is 9.59 Å². The maximum Gasteiger partial charge on any atom is 0.343 e. The number of ether oxygens (including phenoxy) is 3. The topological polar surface area (TPSA) is 114 Å². The third-order valence-electron chi connectivity index (χ3n) is 5.31. The average molecular weight is 495 g/mol. The number of hydrogen-bond donors (Lipinski definition) is 2. The van der Waals surface area contributed by atoms with Gasteiger partial charge in [-0.05, 0) is 66.2 Å². The van der Waals surface area contributed by atoms with Gasteiger partial charge in [-0.3, -0.25) is 4.79 Å². The van der Waals surface area contributed by atoms with Crippen molar-refractivity contribution in [3.8, 4) is 17.2 Å². The molecule has 4 rings (SSSR count). The van der Waals surface area contributed by atoms with Crippen LogP contribution >= 0.6 is 0 Å². The van der Waals surface area contributed by atoms with E-state index in [0.29, 0.717) is 53.0 Å². The van der Waals surface area contributed by atoms with Gasteiger partial charge in [-0.25, -0.2) is 4.79 Å². The van der Waals surface area contributed by atoms with Crippen LogP contribution in [0.3, 0.4) is 0 Å². The Balaban J connectivity index is 1.24. The highest BCUT2D eigenvalue weighted by Gasteiger charge is 2.09. The second-order valence-corrected chi connectivity index (χ2v) is 8.04. The van der Waals surface area contributed by atoms with Crippen molar-refractivity contribution in [3.63, 3.8) is 0 Å². The third-order valence-corrected chi connectivity index (χ3v) is 5.31. The Kier molecular flexibility index (Phi) is 8.18. The highest BCUT2D eigenvalue weighted by molar-refractivity contribution is 6.06. The number of allylic oxidation sites excluding steroid dienone is 1. The number of carbonyl (C=O) groups excluding carboxylic acids is 2. The maximum absolute atomic E-state index is 12.5. The van der Waals surface area contributed by atoms with Crippen molar-refractivity contribution in [1.82, 2.24) is 0 Å². The Morgan fingerprint density at radius 3 is 2.08 bits per heavy atom. The molecule has 37 heavy (non-hydrogen) atoms. The number of anilines is 2. The largest absolute Gasteiger partial charge is 0.490 e. The van der Waals surface area contributed by atoms with Crippen LogP contribution in [-0.4, -0.2) is 25.0 Å². The highest BCUT2D eigenvalue weighted by Crippen LogP contribution is 2.23. The molecule has 7 nitrogen and oxygen atoms in total. The van der Waals surface area contributed by atoms with Crippen molar-refractivity contribution < 1.29 is 23.8 Å². The molecule has 0 bridgehead atoms. The first-order valence-corrected chi connectivity index (χ1v) is 11.6. The Morgan fingerprint density at radius 1 is 0.703 bits per heavy atom. The van der Waals surface area contributed by atoms with Gasteiger partial charge < -0.3 is 25.7 Å². The summed E-state index contributed by atoms with van der Waals surface area (Å²) in [5.41, 5.74) is 14.4. The van der Waals surface area contributed by atoms with Gasteiger partial charge in [-0.2, -0.15) is 0 Å². The standard InChI is InChI=1S/C30H26N2O5/c31-24-11-17-29(27(32)20-24)36-19-18-35-25-14-9-23(10-15-25)30(34)37-26-12-6-21(7-13-26)8-16-28(33)22-4-2-1-3-5-22/h1-17,20H,18-19,31-32H2. The fourth-order valence-electron chi connectivity index (χ4n) is 3.38. The number of benzene rings is 4. The zero-order chi connectivity index (χ0) is 26.0. The van der Waals surface area contributed by atoms with Gasteiger partial charge in [0, 0.05) is 11.3 Å². The molecule has 4 aromatic rings. The summed E-state index contributed by atoms with van der Waals surface area (Å²) in [6, 6.07) is 27.6. The Bertz CT molecular complexity index is 1380. The minimum atomic E-state index is -0.490. The molecule has 7 heteroatoms. The predicted molar refractivity (Wildman–Crippen MR) is 144 cm³/mol. The minimum Gasteiger partial charge on any atom is -0.490 e. The summed E-state index contributed by atoms with van der Waals surface area (Å²) in [7, 11) is 0. The predicted octanol–water partition coefficient (Wildman–Crippen LogP) is 5.42. The van der Waals surface area contributed by atoms with E-state index in [4.69, 9.17) is 25.7 Å². The van der Waals surface area contributed by atoms with Gasteiger partial charge in [0.25, 0.3) is 0 Å². The lowest BCUT2D eigenvalue weighted by Gasteiger charge is -2.11. The van der Waals surface area contributed by atoms with Crippen molar-refractivity contribution in [2.75, 3.05) is 24.7 Å². The van der Waals surface area contributed by atoms with Crippen molar-refractivity contribution in [2.45, 2.75) is 0 Å². The van der Waals surface area contributed by atoms with E-state index in [0.717, 1.165) is 5.56 Å². The number of rotatable bonds is 10. The molecule has 0 saturated carbocycles. The molecule has 0 radical (unpaired) electrons. The van der Waals surface area contributed by atoms with E-state index in [1.54, 1.807) is 84.9 Å². The molecule has 0 heterocycles. The van der Waals surface area contributed by atoms with Crippen molar-refractivity contribution in [1.29, 1.82) is 0 Å². The molecule has 0 atom stereocenters. The second kappa shape index (κ2) is 12.1. The fraction of sp³-hybridized carbons (Fsp3) is 0.0667. The first kappa shape index (κ1) is 25.1. The van der Waals surface area contributed by atoms with Crippen LogP contribution in [0, 0.1) is 0 Å². The van der Waals surface area contributed by atoms with Gasteiger partial charge in [0.2, 0.25) is 0 Å². The van der Waals surface area contributed by atoms with Crippen LogP contribution in [-0.2, 0) is 0 Å². The molecule has 0 saturated heterocycles. The molecule has 0 amide bonds. The summed E-state index contributed by atoms with van der Waals surface area (Å²) in [6.45, 7) is 0.592. The summed E-state index contributed by atoms with van der Waals surface area (Å²) >= 11 is 0. The number of hydrogen-bond acceptors (Lipinski definition) is 7. The number of ketones is 1. The monoisotopic (exact) mass is 494 g/mol. The zero-order valence-corrected chi connectivity index (χ0v) is 20.0. The van der Waals surface area contributed by atoms with Gasteiger partial charge in [0.1, 0.15) is 30.5 Å². The average Bonchev–Trinajstić information content (AvgIpc) is 2.92. The van der Waals surface area contributed by atoms with E-state index >= 15 is 0 Å². The maximum atomic E-state index is 12.5. The number of esters is 1. The minimum absolute atomic E-state index is 0.0810. The van der Waals surface area contributed by atoms with Crippen LogP contribution in [0.5, 0.6) is 17.2 Å². The van der Waals surface area contributed by atoms with Crippen LogP contribution in [0.15, 0.2) is 103 Å². The number of nitrogens with two attached hydrogens (primary N) is 2. The van der Waals surface area contributed by atoms with Gasteiger partial charge in [0.05, 0.1) is 11.3 Å². The lowest BCUT2D eigenvalue weighted by molar-refractivity contribution is 0.0734. The molecule has 0 aliphatic heterocycles. The van der Waals surface area contributed by atoms with Crippen LogP contribution in [0.2, 0.25) is 0 Å². The molecular weight excluding hydrogens is 468 g/mol. The molecular formula is C30H26N2O5. The Labute approximate surface area is 214 Å². The van der Waals surface area contributed by atoms with Gasteiger partial charge in [0.15, 0.2) is 5.78 Å². The zero-order valence-electron chi connectivity index (χ0n) is 20.0. The lowest BCUT2D eigenvalue weighted by atomic mass is 10.1. The molecule has 0 aromatic heterocycles. The number of nitrogen functional groups attached to an aromatic ring is 2. The fourth-order valence-corrected chi connectivity index (χ4v) is 3.38. The van der Waals surface area contributed by atoms with Gasteiger partial charge in [-0.1, -0.05) is 48.5 Å². The van der Waals surface area contributed by atoms with E-state index < -0.39 is 5.97 Å². The Hall–Kier alpha value is -5.04. The molecule has 0 fully saturated rings. The SMILES string of the molecule is Nc1ccc(OCCOc2ccc(C(=O)Oc3ccc(C=CC(=O)c4ccccc4)cc3)cc2)c(N)c1. The highest BCUT2D eigenvalue weighted by atomic mass is 16.5. The smallest absolute Gasteiger partial charge is 0.343 e. The third kappa shape index (κ3) is 7.22. The number of carbonyl (C=O) groups is 2. The van der Waals surface area contributed by atoms with Gasteiger partial charge in [-0.15, -0.1) is 0 Å². The Morgan fingerprint density at radius 2 is 1.38 bits per heavy atom.